The predicted octanol–water partition coefficient (Wildman–Crippen LogP) is 2.44. The SMILES string of the molecule is CCOCc1nc(N)cc(NC2C(C)(C)C2(C)C)n1. The summed E-state index contributed by atoms with van der Waals surface area (Å²) < 4.78 is 5.32. The molecule has 0 aliphatic heterocycles. The van der Waals surface area contributed by atoms with E-state index in [2.05, 4.69) is 43.0 Å². The zero-order valence-corrected chi connectivity index (χ0v) is 12.4. The lowest BCUT2D eigenvalue weighted by atomic mass is 10.0. The van der Waals surface area contributed by atoms with E-state index < -0.39 is 0 Å². The van der Waals surface area contributed by atoms with Gasteiger partial charge in [0.2, 0.25) is 0 Å². The molecule has 0 atom stereocenters. The topological polar surface area (TPSA) is 73.1 Å². The van der Waals surface area contributed by atoms with E-state index in [4.69, 9.17) is 10.5 Å². The van der Waals surface area contributed by atoms with Crippen LogP contribution in [0.1, 0.15) is 40.4 Å². The molecule has 1 aromatic rings. The van der Waals surface area contributed by atoms with Gasteiger partial charge in [0.05, 0.1) is 0 Å². The molecule has 19 heavy (non-hydrogen) atoms. The van der Waals surface area contributed by atoms with Gasteiger partial charge in [-0.2, -0.15) is 0 Å². The predicted molar refractivity (Wildman–Crippen MR) is 76.7 cm³/mol. The van der Waals surface area contributed by atoms with Crippen LogP contribution in [0, 0.1) is 10.8 Å². The molecule has 106 valence electrons. The number of nitrogens with two attached hydrogens (primary N) is 1. The molecule has 1 aliphatic rings. The Bertz CT molecular complexity index is 457. The first-order chi connectivity index (χ1) is 8.79. The Morgan fingerprint density at radius 1 is 1.26 bits per heavy atom. The largest absolute Gasteiger partial charge is 0.384 e. The number of hydrogen-bond donors (Lipinski definition) is 2. The van der Waals surface area contributed by atoms with Crippen LogP contribution in [0.2, 0.25) is 0 Å². The van der Waals surface area contributed by atoms with Crippen LogP contribution in [0.25, 0.3) is 0 Å². The smallest absolute Gasteiger partial charge is 0.158 e. The number of hydrogen-bond acceptors (Lipinski definition) is 5. The Kier molecular flexibility index (Phi) is 3.43. The maximum atomic E-state index is 5.82. The average molecular weight is 264 g/mol. The van der Waals surface area contributed by atoms with Gasteiger partial charge in [0.15, 0.2) is 5.82 Å². The molecule has 1 aromatic heterocycles. The lowest BCUT2D eigenvalue weighted by Gasteiger charge is -2.10. The Morgan fingerprint density at radius 3 is 2.42 bits per heavy atom. The fourth-order valence-corrected chi connectivity index (χ4v) is 2.55. The number of nitrogens with one attached hydrogen (secondary N) is 1. The summed E-state index contributed by atoms with van der Waals surface area (Å²) in [4.78, 5) is 8.63. The van der Waals surface area contributed by atoms with Gasteiger partial charge in [-0.15, -0.1) is 0 Å². The van der Waals surface area contributed by atoms with Crippen LogP contribution in [-0.4, -0.2) is 22.6 Å². The van der Waals surface area contributed by atoms with Crippen molar-refractivity contribution in [2.45, 2.75) is 47.3 Å². The highest BCUT2D eigenvalue weighted by Crippen LogP contribution is 2.63. The third-order valence-corrected chi connectivity index (χ3v) is 4.54. The van der Waals surface area contributed by atoms with Crippen LogP contribution < -0.4 is 11.1 Å². The maximum Gasteiger partial charge on any atom is 0.158 e. The molecular formula is C14H24N4O. The van der Waals surface area contributed by atoms with Crippen molar-refractivity contribution in [1.29, 1.82) is 0 Å². The zero-order valence-electron chi connectivity index (χ0n) is 12.4. The molecule has 1 saturated carbocycles. The zero-order chi connectivity index (χ0) is 14.3. The highest BCUT2D eigenvalue weighted by Gasteiger charge is 2.65. The molecule has 1 heterocycles. The molecule has 1 fully saturated rings. The van der Waals surface area contributed by atoms with Crippen LogP contribution in [0.3, 0.4) is 0 Å². The third kappa shape index (κ3) is 2.52. The van der Waals surface area contributed by atoms with Crippen molar-refractivity contribution in [1.82, 2.24) is 9.97 Å². The summed E-state index contributed by atoms with van der Waals surface area (Å²) in [6.07, 6.45) is 0. The first-order valence-electron chi connectivity index (χ1n) is 6.76. The van der Waals surface area contributed by atoms with Gasteiger partial charge < -0.3 is 15.8 Å². The highest BCUT2D eigenvalue weighted by atomic mass is 16.5. The second kappa shape index (κ2) is 4.63. The van der Waals surface area contributed by atoms with Crippen LogP contribution in [0.4, 0.5) is 11.6 Å². The molecule has 0 amide bonds. The Balaban J connectivity index is 2.11. The van der Waals surface area contributed by atoms with Crippen LogP contribution in [0.15, 0.2) is 6.07 Å². The summed E-state index contributed by atoms with van der Waals surface area (Å²) in [6.45, 7) is 12.0. The molecular weight excluding hydrogens is 240 g/mol. The van der Waals surface area contributed by atoms with E-state index >= 15 is 0 Å². The lowest BCUT2D eigenvalue weighted by Crippen LogP contribution is -2.13. The van der Waals surface area contributed by atoms with E-state index in [1.54, 1.807) is 6.07 Å². The first kappa shape index (κ1) is 14.1. The minimum atomic E-state index is 0.257. The summed E-state index contributed by atoms with van der Waals surface area (Å²) in [5, 5.41) is 3.47. The molecule has 2 rings (SSSR count). The van der Waals surface area contributed by atoms with Crippen molar-refractivity contribution < 1.29 is 4.74 Å². The van der Waals surface area contributed by atoms with Gasteiger partial charge in [0, 0.05) is 18.7 Å². The van der Waals surface area contributed by atoms with E-state index in [9.17, 15) is 0 Å². The lowest BCUT2D eigenvalue weighted by molar-refractivity contribution is 0.128. The van der Waals surface area contributed by atoms with E-state index in [-0.39, 0.29) is 10.8 Å². The molecule has 0 radical (unpaired) electrons. The summed E-state index contributed by atoms with van der Waals surface area (Å²) in [5.74, 6) is 1.88. The number of nitrogen functional groups attached to an aromatic ring is 1. The van der Waals surface area contributed by atoms with Gasteiger partial charge in [-0.3, -0.25) is 0 Å². The number of rotatable bonds is 5. The van der Waals surface area contributed by atoms with Crippen molar-refractivity contribution in [3.8, 4) is 0 Å². The fourth-order valence-electron chi connectivity index (χ4n) is 2.55. The minimum absolute atomic E-state index is 0.257. The molecule has 0 unspecified atom stereocenters. The van der Waals surface area contributed by atoms with E-state index in [0.717, 1.165) is 5.82 Å². The number of nitrogens with zero attached hydrogens (tertiary/aromatic N) is 2. The fraction of sp³-hybridized carbons (Fsp3) is 0.714. The van der Waals surface area contributed by atoms with Gasteiger partial charge in [0.1, 0.15) is 18.2 Å². The van der Waals surface area contributed by atoms with E-state index in [0.29, 0.717) is 30.9 Å². The maximum absolute atomic E-state index is 5.82. The van der Waals surface area contributed by atoms with Crippen LogP contribution >= 0.6 is 0 Å². The first-order valence-corrected chi connectivity index (χ1v) is 6.76. The van der Waals surface area contributed by atoms with Crippen molar-refractivity contribution in [3.63, 3.8) is 0 Å². The third-order valence-electron chi connectivity index (χ3n) is 4.54. The molecule has 5 nitrogen and oxygen atoms in total. The van der Waals surface area contributed by atoms with Gasteiger partial charge in [0.25, 0.3) is 0 Å². The molecule has 0 bridgehead atoms. The van der Waals surface area contributed by atoms with Crippen LogP contribution in [-0.2, 0) is 11.3 Å². The second-order valence-electron chi connectivity index (χ2n) is 6.25. The second-order valence-corrected chi connectivity index (χ2v) is 6.25. The van der Waals surface area contributed by atoms with Gasteiger partial charge in [-0.1, -0.05) is 27.7 Å². The van der Waals surface area contributed by atoms with Gasteiger partial charge in [-0.25, -0.2) is 9.97 Å². The van der Waals surface area contributed by atoms with Crippen LogP contribution in [0.5, 0.6) is 0 Å². The minimum Gasteiger partial charge on any atom is -0.384 e. The van der Waals surface area contributed by atoms with Gasteiger partial charge in [-0.05, 0) is 17.8 Å². The molecule has 3 N–H and O–H groups in total. The summed E-state index contributed by atoms with van der Waals surface area (Å²) in [7, 11) is 0. The molecule has 0 aromatic carbocycles. The van der Waals surface area contributed by atoms with Crippen molar-refractivity contribution in [2.24, 2.45) is 10.8 Å². The summed E-state index contributed by atoms with van der Waals surface area (Å²) >= 11 is 0. The Hall–Kier alpha value is -1.36. The Labute approximate surface area is 115 Å². The normalized spacial score (nSPS) is 20.3. The van der Waals surface area contributed by atoms with E-state index in [1.807, 2.05) is 6.92 Å². The highest BCUT2D eigenvalue weighted by molar-refractivity contribution is 5.48. The Morgan fingerprint density at radius 2 is 1.89 bits per heavy atom. The standard InChI is InChI=1S/C14H24N4O/c1-6-19-8-11-16-9(15)7-10(17-11)18-12-13(2,3)14(12,4)5/h7,12H,6,8H2,1-5H3,(H3,15,16,17,18). The summed E-state index contributed by atoms with van der Waals surface area (Å²) in [5.41, 5.74) is 6.33. The number of anilines is 2. The summed E-state index contributed by atoms with van der Waals surface area (Å²) in [6, 6.07) is 2.18. The van der Waals surface area contributed by atoms with Gasteiger partial charge >= 0.3 is 0 Å². The number of aromatic nitrogens is 2. The van der Waals surface area contributed by atoms with E-state index in [1.165, 1.54) is 0 Å². The van der Waals surface area contributed by atoms with Crippen molar-refractivity contribution >= 4 is 11.6 Å². The molecule has 0 saturated heterocycles. The molecule has 5 heteroatoms. The quantitative estimate of drug-likeness (QED) is 0.854. The van der Waals surface area contributed by atoms with Crippen molar-refractivity contribution in [3.05, 3.63) is 11.9 Å². The monoisotopic (exact) mass is 264 g/mol. The molecule has 1 aliphatic carbocycles. The number of ether oxygens (including phenoxy) is 1. The van der Waals surface area contributed by atoms with Crippen molar-refractivity contribution in [2.75, 3.05) is 17.7 Å². The average Bonchev–Trinajstić information content (AvgIpc) is 2.68. The molecule has 0 spiro atoms.